The zero-order chi connectivity index (χ0) is 21.6. The van der Waals surface area contributed by atoms with Crippen LogP contribution in [0.1, 0.15) is 30.0 Å². The summed E-state index contributed by atoms with van der Waals surface area (Å²) in [6, 6.07) is 17.3. The largest absolute Gasteiger partial charge is 0.375 e. The number of aromatic nitrogens is 2. The number of amides is 3. The molecule has 0 saturated carbocycles. The molecule has 0 radical (unpaired) electrons. The number of ether oxygens (including phenoxy) is 1. The normalized spacial score (nSPS) is 16.3. The van der Waals surface area contributed by atoms with Crippen LogP contribution in [-0.2, 0) is 32.3 Å². The lowest BCUT2D eigenvalue weighted by molar-refractivity contribution is -0.134. The topological polar surface area (TPSA) is 102 Å². The lowest BCUT2D eigenvalue weighted by Gasteiger charge is -2.19. The molecular weight excluding hydrogens is 396 g/mol. The van der Waals surface area contributed by atoms with Gasteiger partial charge in [-0.2, -0.15) is 5.10 Å². The van der Waals surface area contributed by atoms with E-state index in [2.05, 4.69) is 15.7 Å². The average Bonchev–Trinajstić information content (AvgIpc) is 3.12. The van der Waals surface area contributed by atoms with Crippen molar-refractivity contribution in [2.75, 3.05) is 13.2 Å². The van der Waals surface area contributed by atoms with E-state index in [-0.39, 0.29) is 30.7 Å². The Morgan fingerprint density at radius 3 is 2.71 bits per heavy atom. The third kappa shape index (κ3) is 4.97. The molecule has 0 bridgehead atoms. The van der Waals surface area contributed by atoms with Gasteiger partial charge < -0.3 is 10.1 Å². The molecule has 8 heteroatoms. The summed E-state index contributed by atoms with van der Waals surface area (Å²) < 4.78 is 7.19. The Balaban J connectivity index is 1.36. The molecule has 31 heavy (non-hydrogen) atoms. The van der Waals surface area contributed by atoms with Gasteiger partial charge in [0, 0.05) is 18.4 Å². The molecule has 0 aliphatic carbocycles. The molecule has 8 nitrogen and oxygen atoms in total. The molecule has 160 valence electrons. The maximum Gasteiger partial charge on any atom is 0.241 e. The predicted octanol–water partition coefficient (Wildman–Crippen LogP) is 1.89. The summed E-state index contributed by atoms with van der Waals surface area (Å²) in [5.74, 6) is -1.30. The lowest BCUT2D eigenvalue weighted by Crippen LogP contribution is -2.39. The van der Waals surface area contributed by atoms with E-state index in [4.69, 9.17) is 4.74 Å². The second kappa shape index (κ2) is 9.53. The fourth-order valence-electron chi connectivity index (χ4n) is 3.70. The second-order valence-electron chi connectivity index (χ2n) is 7.45. The highest BCUT2D eigenvalue weighted by atomic mass is 16.5. The Bertz CT molecular complexity index is 1090. The van der Waals surface area contributed by atoms with Gasteiger partial charge in [0.05, 0.1) is 30.3 Å². The first-order valence-corrected chi connectivity index (χ1v) is 10.3. The highest BCUT2D eigenvalue weighted by Gasteiger charge is 2.31. The number of fused-ring (bicyclic) bond motifs is 1. The molecule has 4 rings (SSSR count). The number of nitrogens with one attached hydrogen (secondary N) is 2. The van der Waals surface area contributed by atoms with Gasteiger partial charge in [-0.1, -0.05) is 48.5 Å². The van der Waals surface area contributed by atoms with Crippen molar-refractivity contribution in [2.24, 2.45) is 0 Å². The van der Waals surface area contributed by atoms with Crippen LogP contribution < -0.4 is 10.6 Å². The second-order valence-corrected chi connectivity index (χ2v) is 7.45. The highest BCUT2D eigenvalue weighted by Crippen LogP contribution is 2.30. The van der Waals surface area contributed by atoms with Crippen LogP contribution >= 0.6 is 0 Å². The highest BCUT2D eigenvalue weighted by molar-refractivity contribution is 6.02. The van der Waals surface area contributed by atoms with Crippen molar-refractivity contribution in [3.8, 4) is 0 Å². The number of carbonyl (C=O) groups is 3. The van der Waals surface area contributed by atoms with Crippen LogP contribution in [0.15, 0.2) is 54.6 Å². The van der Waals surface area contributed by atoms with Crippen LogP contribution in [0.25, 0.3) is 10.9 Å². The molecule has 0 spiro atoms. The third-order valence-electron chi connectivity index (χ3n) is 5.23. The summed E-state index contributed by atoms with van der Waals surface area (Å²) in [4.78, 5) is 36.2. The molecule has 1 aliphatic heterocycles. The number of hydrogen-bond acceptors (Lipinski definition) is 5. The number of carbonyl (C=O) groups excluding carboxylic acids is 3. The molecule has 1 aliphatic rings. The first-order valence-electron chi connectivity index (χ1n) is 10.3. The number of rotatable bonds is 8. The number of piperidine rings is 1. The van der Waals surface area contributed by atoms with Gasteiger partial charge in [-0.3, -0.25) is 24.4 Å². The molecule has 1 fully saturated rings. The van der Waals surface area contributed by atoms with Crippen LogP contribution in [-0.4, -0.2) is 40.7 Å². The quantitative estimate of drug-likeness (QED) is 0.428. The molecule has 2 N–H and O–H groups in total. The Labute approximate surface area is 179 Å². The molecule has 3 amide bonds. The minimum atomic E-state index is -0.502. The van der Waals surface area contributed by atoms with Crippen molar-refractivity contribution < 1.29 is 19.1 Å². The van der Waals surface area contributed by atoms with Crippen LogP contribution in [0.4, 0.5) is 0 Å². The first kappa shape index (κ1) is 20.7. The molecule has 2 heterocycles. The average molecular weight is 420 g/mol. The van der Waals surface area contributed by atoms with Crippen molar-refractivity contribution in [1.29, 1.82) is 0 Å². The zero-order valence-corrected chi connectivity index (χ0v) is 17.0. The van der Waals surface area contributed by atoms with Gasteiger partial charge in [0.2, 0.25) is 17.7 Å². The van der Waals surface area contributed by atoms with E-state index in [1.54, 1.807) is 4.68 Å². The fourth-order valence-corrected chi connectivity index (χ4v) is 3.70. The van der Waals surface area contributed by atoms with E-state index < -0.39 is 5.92 Å². The predicted molar refractivity (Wildman–Crippen MR) is 114 cm³/mol. The van der Waals surface area contributed by atoms with Gasteiger partial charge in [0.25, 0.3) is 0 Å². The number of benzene rings is 2. The van der Waals surface area contributed by atoms with E-state index in [0.717, 1.165) is 16.5 Å². The van der Waals surface area contributed by atoms with Crippen molar-refractivity contribution >= 4 is 28.6 Å². The standard InChI is InChI=1S/C23H24N4O4/c28-20-11-10-18(23(30)25-20)22-17-8-4-5-9-19(17)27(26-22)14-21(29)24-12-13-31-15-16-6-2-1-3-7-16/h1-9,18H,10-15H2,(H,24,29)(H,25,28,30). The summed E-state index contributed by atoms with van der Waals surface area (Å²) in [6.45, 7) is 1.33. The Morgan fingerprint density at radius 1 is 1.13 bits per heavy atom. The van der Waals surface area contributed by atoms with Gasteiger partial charge in [0.1, 0.15) is 6.54 Å². The van der Waals surface area contributed by atoms with Crippen molar-refractivity contribution in [1.82, 2.24) is 20.4 Å². The molecular formula is C23H24N4O4. The van der Waals surface area contributed by atoms with Crippen LogP contribution in [0, 0.1) is 0 Å². The Morgan fingerprint density at radius 2 is 1.90 bits per heavy atom. The van der Waals surface area contributed by atoms with Gasteiger partial charge in [-0.05, 0) is 18.1 Å². The monoisotopic (exact) mass is 420 g/mol. The van der Waals surface area contributed by atoms with Gasteiger partial charge >= 0.3 is 0 Å². The van der Waals surface area contributed by atoms with Crippen LogP contribution in [0.3, 0.4) is 0 Å². The van der Waals surface area contributed by atoms with E-state index >= 15 is 0 Å². The Hall–Kier alpha value is -3.52. The fraction of sp³-hybridized carbons (Fsp3) is 0.304. The van der Waals surface area contributed by atoms with Crippen molar-refractivity contribution in [2.45, 2.75) is 31.9 Å². The minimum absolute atomic E-state index is 0.0342. The number of para-hydroxylation sites is 1. The summed E-state index contributed by atoms with van der Waals surface area (Å²) in [5.41, 5.74) is 2.45. The van der Waals surface area contributed by atoms with Gasteiger partial charge in [-0.15, -0.1) is 0 Å². The SMILES string of the molecule is O=C(Cn1nc(C2CCC(=O)NC2=O)c2ccccc21)NCCOCc1ccccc1. The third-order valence-corrected chi connectivity index (χ3v) is 5.23. The Kier molecular flexibility index (Phi) is 6.37. The van der Waals surface area contributed by atoms with Crippen molar-refractivity contribution in [3.63, 3.8) is 0 Å². The number of nitrogens with zero attached hydrogens (tertiary/aromatic N) is 2. The number of imide groups is 1. The molecule has 1 unspecified atom stereocenters. The van der Waals surface area contributed by atoms with Crippen molar-refractivity contribution in [3.05, 3.63) is 65.9 Å². The van der Waals surface area contributed by atoms with E-state index in [1.165, 1.54) is 0 Å². The van der Waals surface area contributed by atoms with Gasteiger partial charge in [-0.25, -0.2) is 0 Å². The van der Waals surface area contributed by atoms with Crippen LogP contribution in [0.2, 0.25) is 0 Å². The molecule has 1 aromatic heterocycles. The van der Waals surface area contributed by atoms with E-state index in [0.29, 0.717) is 31.9 Å². The molecule has 1 saturated heterocycles. The summed E-state index contributed by atoms with van der Waals surface area (Å²) in [7, 11) is 0. The summed E-state index contributed by atoms with van der Waals surface area (Å²) >= 11 is 0. The minimum Gasteiger partial charge on any atom is -0.375 e. The van der Waals surface area contributed by atoms with Gasteiger partial charge in [0.15, 0.2) is 0 Å². The van der Waals surface area contributed by atoms with E-state index in [1.807, 2.05) is 54.6 Å². The maximum absolute atomic E-state index is 12.4. The number of hydrogen-bond donors (Lipinski definition) is 2. The van der Waals surface area contributed by atoms with Crippen LogP contribution in [0.5, 0.6) is 0 Å². The molecule has 3 aromatic rings. The first-order chi connectivity index (χ1) is 15.1. The summed E-state index contributed by atoms with van der Waals surface area (Å²) in [6.07, 6.45) is 0.692. The maximum atomic E-state index is 12.4. The van der Waals surface area contributed by atoms with E-state index in [9.17, 15) is 14.4 Å². The molecule has 1 atom stereocenters. The zero-order valence-electron chi connectivity index (χ0n) is 17.0. The summed E-state index contributed by atoms with van der Waals surface area (Å²) in [5, 5.41) is 10.6. The smallest absolute Gasteiger partial charge is 0.241 e. The lowest BCUT2D eigenvalue weighted by atomic mass is 9.93. The molecule has 2 aromatic carbocycles.